The Morgan fingerprint density at radius 3 is 2.75 bits per heavy atom. The van der Waals surface area contributed by atoms with Crippen molar-refractivity contribution in [2.24, 2.45) is 5.73 Å². The standard InChI is InChI=1S/C21H22N2S/c1-23-12-15-10-16(21(22)8-9-21)6-7-17(15)18(13-23)20-11-14-4-2-3-5-19(14)24-20/h2-7,10-11,18H,8-9,12-13,22H2,1H3. The first kappa shape index (κ1) is 14.6. The monoisotopic (exact) mass is 334 g/mol. The molecule has 1 atom stereocenters. The summed E-state index contributed by atoms with van der Waals surface area (Å²) in [6, 6.07) is 18.1. The third kappa shape index (κ3) is 2.31. The van der Waals surface area contributed by atoms with Crippen LogP contribution in [0.15, 0.2) is 48.5 Å². The highest BCUT2D eigenvalue weighted by molar-refractivity contribution is 7.19. The lowest BCUT2D eigenvalue weighted by Crippen LogP contribution is -2.31. The number of nitrogens with zero attached hydrogens (tertiary/aromatic N) is 1. The van der Waals surface area contributed by atoms with Gasteiger partial charge in [-0.3, -0.25) is 0 Å². The lowest BCUT2D eigenvalue weighted by atomic mass is 9.86. The van der Waals surface area contributed by atoms with Gasteiger partial charge in [0.25, 0.3) is 0 Å². The zero-order chi connectivity index (χ0) is 16.3. The molecule has 2 aliphatic rings. The zero-order valence-corrected chi connectivity index (χ0v) is 14.8. The first-order valence-electron chi connectivity index (χ1n) is 8.72. The van der Waals surface area contributed by atoms with Gasteiger partial charge in [0.15, 0.2) is 0 Å². The normalized spacial score (nSPS) is 22.5. The molecular formula is C21H22N2S. The molecule has 0 bridgehead atoms. The highest BCUT2D eigenvalue weighted by Gasteiger charge is 2.40. The van der Waals surface area contributed by atoms with Crippen molar-refractivity contribution in [2.45, 2.75) is 30.8 Å². The molecule has 0 spiro atoms. The molecule has 0 saturated heterocycles. The van der Waals surface area contributed by atoms with E-state index in [2.05, 4.69) is 60.5 Å². The lowest BCUT2D eigenvalue weighted by molar-refractivity contribution is 0.296. The Hall–Kier alpha value is -1.68. The van der Waals surface area contributed by atoms with E-state index in [0.717, 1.165) is 25.9 Å². The van der Waals surface area contributed by atoms with Crippen molar-refractivity contribution in [3.8, 4) is 0 Å². The van der Waals surface area contributed by atoms with E-state index in [-0.39, 0.29) is 5.54 Å². The molecule has 122 valence electrons. The number of nitrogens with two attached hydrogens (primary N) is 1. The average Bonchev–Trinajstić information content (AvgIpc) is 3.19. The van der Waals surface area contributed by atoms with Crippen LogP contribution in [0.4, 0.5) is 0 Å². The Balaban J connectivity index is 1.60. The summed E-state index contributed by atoms with van der Waals surface area (Å²) in [5.41, 5.74) is 10.7. The van der Waals surface area contributed by atoms with Crippen LogP contribution >= 0.6 is 11.3 Å². The zero-order valence-electron chi connectivity index (χ0n) is 14.0. The summed E-state index contributed by atoms with van der Waals surface area (Å²) in [6.45, 7) is 2.12. The highest BCUT2D eigenvalue weighted by Crippen LogP contribution is 2.45. The Morgan fingerprint density at radius 1 is 1.12 bits per heavy atom. The summed E-state index contributed by atoms with van der Waals surface area (Å²) < 4.78 is 1.39. The molecule has 1 unspecified atom stereocenters. The van der Waals surface area contributed by atoms with E-state index in [9.17, 15) is 0 Å². The van der Waals surface area contributed by atoms with Crippen LogP contribution in [0, 0.1) is 0 Å². The quantitative estimate of drug-likeness (QED) is 0.751. The maximum atomic E-state index is 6.42. The van der Waals surface area contributed by atoms with Crippen LogP contribution in [0.25, 0.3) is 10.1 Å². The molecule has 1 saturated carbocycles. The SMILES string of the molecule is CN1Cc2cc(C3(N)CC3)ccc2C(c2cc3ccccc3s2)C1. The van der Waals surface area contributed by atoms with Crippen LogP contribution in [0.3, 0.4) is 0 Å². The first-order valence-corrected chi connectivity index (χ1v) is 9.53. The molecule has 2 N–H and O–H groups in total. The number of thiophene rings is 1. The van der Waals surface area contributed by atoms with Crippen LogP contribution in [-0.4, -0.2) is 18.5 Å². The maximum absolute atomic E-state index is 6.42. The van der Waals surface area contributed by atoms with Gasteiger partial charge in [-0.05, 0) is 54.1 Å². The van der Waals surface area contributed by atoms with E-state index >= 15 is 0 Å². The minimum Gasteiger partial charge on any atom is -0.321 e. The van der Waals surface area contributed by atoms with Crippen LogP contribution in [0.2, 0.25) is 0 Å². The maximum Gasteiger partial charge on any atom is 0.0411 e. The van der Waals surface area contributed by atoms with Crippen molar-refractivity contribution in [1.82, 2.24) is 4.90 Å². The molecule has 0 radical (unpaired) electrons. The molecule has 0 amide bonds. The summed E-state index contributed by atoms with van der Waals surface area (Å²) >= 11 is 1.94. The predicted octanol–water partition coefficient (Wildman–Crippen LogP) is 4.43. The van der Waals surface area contributed by atoms with Gasteiger partial charge in [-0.25, -0.2) is 0 Å². The molecule has 24 heavy (non-hydrogen) atoms. The average molecular weight is 334 g/mol. The van der Waals surface area contributed by atoms with Crippen molar-refractivity contribution in [2.75, 3.05) is 13.6 Å². The fraction of sp³-hybridized carbons (Fsp3) is 0.333. The van der Waals surface area contributed by atoms with Gasteiger partial charge in [-0.1, -0.05) is 36.4 Å². The molecule has 1 aliphatic carbocycles. The second-order valence-electron chi connectivity index (χ2n) is 7.51. The molecule has 1 aromatic heterocycles. The van der Waals surface area contributed by atoms with Crippen molar-refractivity contribution in [1.29, 1.82) is 0 Å². The van der Waals surface area contributed by atoms with E-state index in [1.54, 1.807) is 0 Å². The number of hydrogen-bond acceptors (Lipinski definition) is 3. The predicted molar refractivity (Wildman–Crippen MR) is 102 cm³/mol. The van der Waals surface area contributed by atoms with Gasteiger partial charge in [0.2, 0.25) is 0 Å². The second-order valence-corrected chi connectivity index (χ2v) is 8.62. The van der Waals surface area contributed by atoms with Crippen molar-refractivity contribution in [3.05, 3.63) is 70.1 Å². The Morgan fingerprint density at radius 2 is 1.96 bits per heavy atom. The fourth-order valence-electron chi connectivity index (χ4n) is 4.00. The van der Waals surface area contributed by atoms with Crippen LogP contribution < -0.4 is 5.73 Å². The number of fused-ring (bicyclic) bond motifs is 2. The van der Waals surface area contributed by atoms with Crippen LogP contribution in [0.5, 0.6) is 0 Å². The molecule has 2 heterocycles. The van der Waals surface area contributed by atoms with Gasteiger partial charge in [-0.15, -0.1) is 11.3 Å². The molecule has 1 fully saturated rings. The summed E-state index contributed by atoms with van der Waals surface area (Å²) in [7, 11) is 2.23. The number of hydrogen-bond donors (Lipinski definition) is 1. The molecule has 1 aliphatic heterocycles. The summed E-state index contributed by atoms with van der Waals surface area (Å²) in [5.74, 6) is 0.470. The van der Waals surface area contributed by atoms with E-state index in [1.807, 2.05) is 11.3 Å². The van der Waals surface area contributed by atoms with Crippen molar-refractivity contribution < 1.29 is 0 Å². The molecule has 3 heteroatoms. The third-order valence-corrected chi connectivity index (χ3v) is 6.83. The highest BCUT2D eigenvalue weighted by atomic mass is 32.1. The van der Waals surface area contributed by atoms with Crippen molar-refractivity contribution >= 4 is 21.4 Å². The largest absolute Gasteiger partial charge is 0.321 e. The fourth-order valence-corrected chi connectivity index (χ4v) is 5.17. The summed E-state index contributed by atoms with van der Waals surface area (Å²) in [4.78, 5) is 3.92. The van der Waals surface area contributed by atoms with E-state index in [4.69, 9.17) is 5.73 Å². The number of benzene rings is 2. The van der Waals surface area contributed by atoms with Crippen LogP contribution in [0.1, 0.15) is 40.3 Å². The Kier molecular flexibility index (Phi) is 3.15. The molecule has 2 aromatic carbocycles. The van der Waals surface area contributed by atoms with Gasteiger partial charge in [0.1, 0.15) is 0 Å². The number of likely N-dealkylation sites (N-methyl/N-ethyl adjacent to an activating group) is 1. The van der Waals surface area contributed by atoms with Gasteiger partial charge < -0.3 is 10.6 Å². The van der Waals surface area contributed by atoms with Gasteiger partial charge in [0, 0.05) is 34.1 Å². The summed E-state index contributed by atoms with van der Waals surface area (Å²) in [5, 5.41) is 1.36. The Labute approximate surface area is 146 Å². The third-order valence-electron chi connectivity index (χ3n) is 5.60. The van der Waals surface area contributed by atoms with E-state index in [1.165, 1.54) is 31.7 Å². The second kappa shape index (κ2) is 5.16. The molecular weight excluding hydrogens is 312 g/mol. The number of rotatable bonds is 2. The van der Waals surface area contributed by atoms with Crippen LogP contribution in [-0.2, 0) is 12.1 Å². The van der Waals surface area contributed by atoms with Gasteiger partial charge >= 0.3 is 0 Å². The Bertz CT molecular complexity index is 889. The molecule has 3 aromatic rings. The van der Waals surface area contributed by atoms with E-state index < -0.39 is 0 Å². The minimum atomic E-state index is -0.0435. The first-order chi connectivity index (χ1) is 11.6. The topological polar surface area (TPSA) is 29.3 Å². The summed E-state index contributed by atoms with van der Waals surface area (Å²) in [6.07, 6.45) is 2.25. The lowest BCUT2D eigenvalue weighted by Gasteiger charge is -2.32. The van der Waals surface area contributed by atoms with Crippen molar-refractivity contribution in [3.63, 3.8) is 0 Å². The smallest absolute Gasteiger partial charge is 0.0411 e. The van der Waals surface area contributed by atoms with Gasteiger partial charge in [0.05, 0.1) is 0 Å². The minimum absolute atomic E-state index is 0.0435. The van der Waals surface area contributed by atoms with Gasteiger partial charge in [-0.2, -0.15) is 0 Å². The van der Waals surface area contributed by atoms with E-state index in [0.29, 0.717) is 5.92 Å². The molecule has 2 nitrogen and oxygen atoms in total. The molecule has 5 rings (SSSR count).